The van der Waals surface area contributed by atoms with Gasteiger partial charge in [0.1, 0.15) is 12.6 Å². The molecule has 6 nitrogen and oxygen atoms in total. The maximum absolute atomic E-state index is 13.8. The van der Waals surface area contributed by atoms with Gasteiger partial charge in [-0.15, -0.1) is 0 Å². The van der Waals surface area contributed by atoms with Crippen LogP contribution in [0.5, 0.6) is 5.75 Å². The Balaban J connectivity index is 1.57. The maximum Gasteiger partial charge on any atom is 0.242 e. The molecule has 4 rings (SSSR count). The number of aromatic nitrogens is 2. The number of para-hydroxylation sites is 2. The molecule has 1 N–H and O–H groups in total. The van der Waals surface area contributed by atoms with Gasteiger partial charge >= 0.3 is 0 Å². The highest BCUT2D eigenvalue weighted by Crippen LogP contribution is 2.30. The van der Waals surface area contributed by atoms with Crippen LogP contribution in [0.25, 0.3) is 5.69 Å². The molecule has 0 aliphatic carbocycles. The molecule has 0 bridgehead atoms. The van der Waals surface area contributed by atoms with E-state index < -0.39 is 6.04 Å². The molecule has 156 valence electrons. The highest BCUT2D eigenvalue weighted by atomic mass is 19.1. The molecule has 0 radical (unpaired) electrons. The Hall–Kier alpha value is -3.19. The minimum Gasteiger partial charge on any atom is -0.489 e. The van der Waals surface area contributed by atoms with Crippen molar-refractivity contribution in [2.24, 2.45) is 0 Å². The van der Waals surface area contributed by atoms with Crippen molar-refractivity contribution in [1.29, 1.82) is 0 Å². The Kier molecular flexibility index (Phi) is 5.81. The first-order chi connectivity index (χ1) is 14.6. The first kappa shape index (κ1) is 20.1. The van der Waals surface area contributed by atoms with Crippen LogP contribution in [0.3, 0.4) is 0 Å². The molecule has 1 fully saturated rings. The van der Waals surface area contributed by atoms with Crippen molar-refractivity contribution in [3.63, 3.8) is 0 Å². The first-order valence-corrected chi connectivity index (χ1v) is 10.1. The van der Waals surface area contributed by atoms with Crippen molar-refractivity contribution in [3.8, 4) is 11.4 Å². The van der Waals surface area contributed by atoms with Gasteiger partial charge in [-0.25, -0.2) is 9.07 Å². The SMILES string of the molecule is Cc1nn(-c2ccccc2)c(C)c1C1C(=O)NCCN1CCOc1ccccc1F. The third kappa shape index (κ3) is 3.93. The Labute approximate surface area is 175 Å². The average molecular weight is 408 g/mol. The highest BCUT2D eigenvalue weighted by molar-refractivity contribution is 5.84. The average Bonchev–Trinajstić information content (AvgIpc) is 3.04. The fraction of sp³-hybridized carbons (Fsp3) is 0.304. The number of rotatable bonds is 6. The second-order valence-electron chi connectivity index (χ2n) is 7.34. The number of nitrogens with one attached hydrogen (secondary N) is 1. The van der Waals surface area contributed by atoms with Gasteiger partial charge < -0.3 is 10.1 Å². The van der Waals surface area contributed by atoms with Gasteiger partial charge in [-0.2, -0.15) is 5.10 Å². The zero-order chi connectivity index (χ0) is 21.1. The van der Waals surface area contributed by atoms with Gasteiger partial charge in [-0.1, -0.05) is 30.3 Å². The second kappa shape index (κ2) is 8.67. The van der Waals surface area contributed by atoms with E-state index in [2.05, 4.69) is 10.2 Å². The highest BCUT2D eigenvalue weighted by Gasteiger charge is 2.35. The molecular weight excluding hydrogens is 383 g/mol. The lowest BCUT2D eigenvalue weighted by Crippen LogP contribution is -2.51. The zero-order valence-corrected chi connectivity index (χ0v) is 17.1. The van der Waals surface area contributed by atoms with Gasteiger partial charge in [0.25, 0.3) is 0 Å². The van der Waals surface area contributed by atoms with Gasteiger partial charge in [0.15, 0.2) is 11.6 Å². The number of halogens is 1. The minimum atomic E-state index is -0.458. The number of hydrogen-bond acceptors (Lipinski definition) is 4. The number of piperazine rings is 1. The number of hydrogen-bond donors (Lipinski definition) is 1. The van der Waals surface area contributed by atoms with Crippen LogP contribution < -0.4 is 10.1 Å². The van der Waals surface area contributed by atoms with Gasteiger partial charge in [-0.05, 0) is 38.1 Å². The lowest BCUT2D eigenvalue weighted by Gasteiger charge is -2.35. The van der Waals surface area contributed by atoms with Crippen molar-refractivity contribution in [2.75, 3.05) is 26.2 Å². The maximum atomic E-state index is 13.8. The van der Waals surface area contributed by atoms with E-state index in [1.54, 1.807) is 18.2 Å². The van der Waals surface area contributed by atoms with Gasteiger partial charge in [-0.3, -0.25) is 9.69 Å². The largest absolute Gasteiger partial charge is 0.489 e. The molecule has 1 saturated heterocycles. The molecule has 1 atom stereocenters. The van der Waals surface area contributed by atoms with Crippen LogP contribution in [0, 0.1) is 19.7 Å². The van der Waals surface area contributed by atoms with Gasteiger partial charge in [0, 0.05) is 30.9 Å². The minimum absolute atomic E-state index is 0.0500. The fourth-order valence-corrected chi connectivity index (χ4v) is 3.97. The summed E-state index contributed by atoms with van der Waals surface area (Å²) >= 11 is 0. The summed E-state index contributed by atoms with van der Waals surface area (Å²) in [5.41, 5.74) is 3.61. The quantitative estimate of drug-likeness (QED) is 0.681. The lowest BCUT2D eigenvalue weighted by molar-refractivity contribution is -0.129. The number of ether oxygens (including phenoxy) is 1. The van der Waals surface area contributed by atoms with E-state index in [-0.39, 0.29) is 24.1 Å². The molecule has 0 saturated carbocycles. The van der Waals surface area contributed by atoms with E-state index in [0.29, 0.717) is 19.6 Å². The number of aryl methyl sites for hydroxylation is 1. The summed E-state index contributed by atoms with van der Waals surface area (Å²) in [6, 6.07) is 15.8. The summed E-state index contributed by atoms with van der Waals surface area (Å²) in [4.78, 5) is 14.9. The van der Waals surface area contributed by atoms with Gasteiger partial charge in [0.05, 0.1) is 11.4 Å². The summed E-state index contributed by atoms with van der Waals surface area (Å²) in [5, 5.41) is 7.66. The van der Waals surface area contributed by atoms with Crippen LogP contribution in [-0.2, 0) is 4.79 Å². The van der Waals surface area contributed by atoms with Crippen LogP contribution in [0.2, 0.25) is 0 Å². The number of benzene rings is 2. The number of carbonyl (C=O) groups excluding carboxylic acids is 1. The van der Waals surface area contributed by atoms with Crippen molar-refractivity contribution < 1.29 is 13.9 Å². The van der Waals surface area contributed by atoms with Crippen molar-refractivity contribution in [1.82, 2.24) is 20.0 Å². The topological polar surface area (TPSA) is 59.4 Å². The molecule has 30 heavy (non-hydrogen) atoms. The third-order valence-corrected chi connectivity index (χ3v) is 5.41. The molecule has 1 aliphatic heterocycles. The van der Waals surface area contributed by atoms with Crippen LogP contribution in [0.15, 0.2) is 54.6 Å². The first-order valence-electron chi connectivity index (χ1n) is 10.1. The number of carbonyl (C=O) groups is 1. The number of nitrogens with zero attached hydrogens (tertiary/aromatic N) is 3. The van der Waals surface area contributed by atoms with Crippen LogP contribution in [0.1, 0.15) is 23.0 Å². The van der Waals surface area contributed by atoms with Gasteiger partial charge in [0.2, 0.25) is 5.91 Å². The second-order valence-corrected chi connectivity index (χ2v) is 7.34. The van der Waals surface area contributed by atoms with E-state index in [9.17, 15) is 9.18 Å². The summed E-state index contributed by atoms with van der Waals surface area (Å²) in [6.07, 6.45) is 0. The van der Waals surface area contributed by atoms with Crippen molar-refractivity contribution in [3.05, 3.63) is 77.4 Å². The Bertz CT molecular complexity index is 1030. The normalized spacial score (nSPS) is 17.0. The summed E-state index contributed by atoms with van der Waals surface area (Å²) in [5.74, 6) is -0.216. The molecule has 1 aromatic heterocycles. The molecule has 1 amide bonds. The van der Waals surface area contributed by atoms with E-state index in [1.807, 2.05) is 48.9 Å². The van der Waals surface area contributed by atoms with E-state index in [4.69, 9.17) is 9.84 Å². The molecule has 2 heterocycles. The molecule has 3 aromatic rings. The standard InChI is InChI=1S/C23H25FN4O2/c1-16-21(17(2)28(26-16)18-8-4-3-5-9-18)22-23(29)25-12-13-27(22)14-15-30-20-11-7-6-10-19(20)24/h3-11,22H,12-15H2,1-2H3,(H,25,29). The summed E-state index contributed by atoms with van der Waals surface area (Å²) in [7, 11) is 0. The van der Waals surface area contributed by atoms with E-state index in [1.165, 1.54) is 6.07 Å². The molecule has 7 heteroatoms. The predicted octanol–water partition coefficient (Wildman–Crippen LogP) is 3.18. The smallest absolute Gasteiger partial charge is 0.242 e. The molecule has 2 aromatic carbocycles. The summed E-state index contributed by atoms with van der Waals surface area (Å²) < 4.78 is 21.3. The molecular formula is C23H25FN4O2. The Morgan fingerprint density at radius 1 is 1.13 bits per heavy atom. The zero-order valence-electron chi connectivity index (χ0n) is 17.1. The number of amides is 1. The van der Waals surface area contributed by atoms with Crippen LogP contribution in [0.4, 0.5) is 4.39 Å². The molecule has 1 unspecified atom stereocenters. The van der Waals surface area contributed by atoms with Crippen molar-refractivity contribution in [2.45, 2.75) is 19.9 Å². The Morgan fingerprint density at radius 2 is 1.87 bits per heavy atom. The van der Waals surface area contributed by atoms with Crippen molar-refractivity contribution >= 4 is 5.91 Å². The van der Waals surface area contributed by atoms with Crippen LogP contribution >= 0.6 is 0 Å². The molecule has 1 aliphatic rings. The Morgan fingerprint density at radius 3 is 2.63 bits per heavy atom. The van der Waals surface area contributed by atoms with E-state index >= 15 is 0 Å². The fourth-order valence-electron chi connectivity index (χ4n) is 3.97. The summed E-state index contributed by atoms with van der Waals surface area (Å²) in [6.45, 7) is 5.96. The molecule has 0 spiro atoms. The van der Waals surface area contributed by atoms with Crippen LogP contribution in [-0.4, -0.2) is 46.8 Å². The monoisotopic (exact) mass is 408 g/mol. The van der Waals surface area contributed by atoms with E-state index in [0.717, 1.165) is 22.6 Å². The third-order valence-electron chi connectivity index (χ3n) is 5.41. The lowest BCUT2D eigenvalue weighted by atomic mass is 10.0. The predicted molar refractivity (Wildman–Crippen MR) is 112 cm³/mol.